The number of benzene rings is 1. The molecule has 4 heteroatoms. The van der Waals surface area contributed by atoms with Crippen molar-refractivity contribution in [2.45, 2.75) is 32.7 Å². The van der Waals surface area contributed by atoms with Gasteiger partial charge in [-0.3, -0.25) is 9.78 Å². The van der Waals surface area contributed by atoms with Crippen LogP contribution < -0.4 is 5.32 Å². The molecule has 0 aliphatic rings. The first-order valence-corrected chi connectivity index (χ1v) is 6.74. The minimum Gasteiger partial charge on any atom is -0.348 e. The van der Waals surface area contributed by atoms with Crippen LogP contribution >= 0.6 is 12.4 Å². The summed E-state index contributed by atoms with van der Waals surface area (Å²) in [5, 5.41) is 2.89. The molecular formula is C17H21ClN2O. The number of nitrogens with zero attached hydrogens (tertiary/aromatic N) is 1. The zero-order valence-corrected chi connectivity index (χ0v) is 13.4. The van der Waals surface area contributed by atoms with E-state index in [0.717, 1.165) is 5.56 Å². The second-order valence-electron chi connectivity index (χ2n) is 5.87. The third-order valence-corrected chi connectivity index (χ3v) is 3.20. The molecule has 0 unspecified atom stereocenters. The van der Waals surface area contributed by atoms with Crippen molar-refractivity contribution in [3.8, 4) is 0 Å². The van der Waals surface area contributed by atoms with E-state index in [1.54, 1.807) is 24.5 Å². The number of pyridine rings is 1. The minimum absolute atomic E-state index is 0. The number of carbonyl (C=O) groups is 1. The molecule has 1 amide bonds. The zero-order valence-electron chi connectivity index (χ0n) is 12.6. The lowest BCUT2D eigenvalue weighted by molar-refractivity contribution is 0.0950. The molecule has 0 aliphatic heterocycles. The van der Waals surface area contributed by atoms with Crippen LogP contribution in [0.1, 0.15) is 42.3 Å². The number of hydrogen-bond acceptors (Lipinski definition) is 2. The summed E-state index contributed by atoms with van der Waals surface area (Å²) in [7, 11) is 0. The van der Waals surface area contributed by atoms with Crippen LogP contribution in [-0.4, -0.2) is 10.9 Å². The summed E-state index contributed by atoms with van der Waals surface area (Å²) in [6.45, 7) is 7.09. The maximum absolute atomic E-state index is 11.9. The highest BCUT2D eigenvalue weighted by molar-refractivity contribution is 5.93. The van der Waals surface area contributed by atoms with E-state index in [4.69, 9.17) is 0 Å². The van der Waals surface area contributed by atoms with E-state index < -0.39 is 0 Å². The lowest BCUT2D eigenvalue weighted by Crippen LogP contribution is -2.22. The molecule has 1 aromatic heterocycles. The van der Waals surface area contributed by atoms with Gasteiger partial charge in [-0.15, -0.1) is 12.4 Å². The van der Waals surface area contributed by atoms with Crippen molar-refractivity contribution in [2.75, 3.05) is 0 Å². The topological polar surface area (TPSA) is 42.0 Å². The fourth-order valence-corrected chi connectivity index (χ4v) is 1.90. The molecule has 0 aliphatic carbocycles. The Morgan fingerprint density at radius 1 is 1.14 bits per heavy atom. The maximum atomic E-state index is 11.9. The Hall–Kier alpha value is -1.87. The predicted octanol–water partition coefficient (Wildman–Crippen LogP) is 3.73. The summed E-state index contributed by atoms with van der Waals surface area (Å²) in [5.74, 6) is -0.0991. The molecular weight excluding hydrogens is 284 g/mol. The fraction of sp³-hybridized carbons (Fsp3) is 0.294. The molecule has 0 bridgehead atoms. The van der Waals surface area contributed by atoms with Gasteiger partial charge in [0.1, 0.15) is 0 Å². The zero-order chi connectivity index (χ0) is 14.6. The fourth-order valence-electron chi connectivity index (χ4n) is 1.90. The molecule has 0 saturated heterocycles. The molecule has 0 saturated carbocycles. The largest absolute Gasteiger partial charge is 0.348 e. The predicted molar refractivity (Wildman–Crippen MR) is 87.8 cm³/mol. The number of hydrogen-bond donors (Lipinski definition) is 1. The number of carbonyl (C=O) groups excluding carboxylic acids is 1. The number of amides is 1. The quantitative estimate of drug-likeness (QED) is 0.939. The van der Waals surface area contributed by atoms with Crippen LogP contribution in [0.4, 0.5) is 0 Å². The maximum Gasteiger partial charge on any atom is 0.253 e. The van der Waals surface area contributed by atoms with Crippen molar-refractivity contribution in [3.05, 3.63) is 65.5 Å². The summed E-state index contributed by atoms with van der Waals surface area (Å²) in [6, 6.07) is 11.9. The number of aromatic nitrogens is 1. The molecule has 1 N–H and O–H groups in total. The summed E-state index contributed by atoms with van der Waals surface area (Å²) < 4.78 is 0. The van der Waals surface area contributed by atoms with Crippen molar-refractivity contribution in [1.29, 1.82) is 0 Å². The van der Waals surface area contributed by atoms with Crippen LogP contribution in [0, 0.1) is 0 Å². The van der Waals surface area contributed by atoms with Gasteiger partial charge in [-0.1, -0.05) is 45.0 Å². The number of halogens is 1. The summed E-state index contributed by atoms with van der Waals surface area (Å²) >= 11 is 0. The second kappa shape index (κ2) is 7.23. The highest BCUT2D eigenvalue weighted by Crippen LogP contribution is 2.22. The molecule has 0 fully saturated rings. The van der Waals surface area contributed by atoms with Gasteiger partial charge in [0.15, 0.2) is 0 Å². The molecule has 1 heterocycles. The van der Waals surface area contributed by atoms with E-state index in [0.29, 0.717) is 12.1 Å². The van der Waals surface area contributed by atoms with Crippen LogP contribution in [0.25, 0.3) is 0 Å². The van der Waals surface area contributed by atoms with Crippen LogP contribution in [0.15, 0.2) is 48.8 Å². The molecule has 0 atom stereocenters. The van der Waals surface area contributed by atoms with Crippen LogP contribution in [0.3, 0.4) is 0 Å². The van der Waals surface area contributed by atoms with Crippen molar-refractivity contribution >= 4 is 18.3 Å². The molecule has 0 radical (unpaired) electrons. The molecule has 112 valence electrons. The van der Waals surface area contributed by atoms with Gasteiger partial charge < -0.3 is 5.32 Å². The summed E-state index contributed by atoms with van der Waals surface area (Å²) in [4.78, 5) is 15.8. The van der Waals surface area contributed by atoms with E-state index in [9.17, 15) is 4.79 Å². The van der Waals surface area contributed by atoms with Crippen LogP contribution in [0.2, 0.25) is 0 Å². The first-order valence-electron chi connectivity index (χ1n) is 6.74. The van der Waals surface area contributed by atoms with Crippen molar-refractivity contribution in [1.82, 2.24) is 10.3 Å². The minimum atomic E-state index is -0.0991. The number of rotatable bonds is 3. The first kappa shape index (κ1) is 17.2. The van der Waals surface area contributed by atoms with E-state index in [1.165, 1.54) is 5.56 Å². The first-order chi connectivity index (χ1) is 9.47. The Morgan fingerprint density at radius 2 is 1.81 bits per heavy atom. The monoisotopic (exact) mass is 304 g/mol. The molecule has 2 rings (SSSR count). The van der Waals surface area contributed by atoms with Gasteiger partial charge in [-0.2, -0.15) is 0 Å². The van der Waals surface area contributed by atoms with Crippen molar-refractivity contribution in [3.63, 3.8) is 0 Å². The Kier molecular flexibility index (Phi) is 5.91. The van der Waals surface area contributed by atoms with Crippen molar-refractivity contribution < 1.29 is 4.79 Å². The standard InChI is InChI=1S/C17H20N2O.ClH/c1-17(2,3)15-8-6-13(7-9-15)11-19-16(20)14-5-4-10-18-12-14;/h4-10,12H,11H2,1-3H3,(H,19,20);1H. The molecule has 0 spiro atoms. The molecule has 21 heavy (non-hydrogen) atoms. The molecule has 3 nitrogen and oxygen atoms in total. The van der Waals surface area contributed by atoms with E-state index in [2.05, 4.69) is 55.3 Å². The van der Waals surface area contributed by atoms with Gasteiger partial charge in [0, 0.05) is 18.9 Å². The average molecular weight is 305 g/mol. The highest BCUT2D eigenvalue weighted by Gasteiger charge is 2.12. The van der Waals surface area contributed by atoms with E-state index in [1.807, 2.05) is 0 Å². The van der Waals surface area contributed by atoms with Gasteiger partial charge in [0.05, 0.1) is 5.56 Å². The Morgan fingerprint density at radius 3 is 2.33 bits per heavy atom. The van der Waals surface area contributed by atoms with Gasteiger partial charge >= 0.3 is 0 Å². The Balaban J connectivity index is 0.00000220. The third kappa shape index (κ3) is 4.87. The van der Waals surface area contributed by atoms with Crippen molar-refractivity contribution in [2.24, 2.45) is 0 Å². The van der Waals surface area contributed by atoms with Gasteiger partial charge in [-0.05, 0) is 28.7 Å². The number of nitrogens with one attached hydrogen (secondary N) is 1. The Labute approximate surface area is 132 Å². The summed E-state index contributed by atoms with van der Waals surface area (Å²) in [5.41, 5.74) is 3.12. The average Bonchev–Trinajstić information content (AvgIpc) is 2.45. The third-order valence-electron chi connectivity index (χ3n) is 3.20. The lowest BCUT2D eigenvalue weighted by Gasteiger charge is -2.19. The van der Waals surface area contributed by atoms with Gasteiger partial charge in [0.2, 0.25) is 0 Å². The normalized spacial score (nSPS) is 10.6. The smallest absolute Gasteiger partial charge is 0.253 e. The van der Waals surface area contributed by atoms with Crippen LogP contribution in [-0.2, 0) is 12.0 Å². The highest BCUT2D eigenvalue weighted by atomic mass is 35.5. The van der Waals surface area contributed by atoms with E-state index in [-0.39, 0.29) is 23.7 Å². The summed E-state index contributed by atoms with van der Waals surface area (Å²) in [6.07, 6.45) is 3.22. The van der Waals surface area contributed by atoms with Gasteiger partial charge in [-0.25, -0.2) is 0 Å². The Bertz CT molecular complexity index is 574. The van der Waals surface area contributed by atoms with E-state index >= 15 is 0 Å². The SMILES string of the molecule is CC(C)(C)c1ccc(CNC(=O)c2cccnc2)cc1.Cl. The second-order valence-corrected chi connectivity index (χ2v) is 5.87. The molecule has 2 aromatic rings. The molecule has 1 aromatic carbocycles. The lowest BCUT2D eigenvalue weighted by atomic mass is 9.87. The van der Waals surface area contributed by atoms with Gasteiger partial charge in [0.25, 0.3) is 5.91 Å². The van der Waals surface area contributed by atoms with Crippen LogP contribution in [0.5, 0.6) is 0 Å².